The minimum Gasteiger partial charge on any atom is -0.480 e. The highest BCUT2D eigenvalue weighted by Crippen LogP contribution is 2.30. The molecule has 3 rings (SSSR count). The Kier molecular flexibility index (Phi) is 5.64. The Morgan fingerprint density at radius 3 is 2.72 bits per heavy atom. The second-order valence-electron chi connectivity index (χ2n) is 6.97. The van der Waals surface area contributed by atoms with Crippen molar-refractivity contribution in [3.05, 3.63) is 21.2 Å². The lowest BCUT2D eigenvalue weighted by atomic mass is 10.1. The Morgan fingerprint density at radius 2 is 2.04 bits per heavy atom. The fourth-order valence-electron chi connectivity index (χ4n) is 4.07. The molecule has 2 heterocycles. The predicted molar refractivity (Wildman–Crippen MR) is 96.4 cm³/mol. The van der Waals surface area contributed by atoms with Crippen LogP contribution in [-0.4, -0.2) is 50.7 Å². The molecule has 0 bridgehead atoms. The average Bonchev–Trinajstić information content (AvgIpc) is 3.24. The summed E-state index contributed by atoms with van der Waals surface area (Å²) in [5.74, 6) is -0.947. The molecule has 1 aromatic heterocycles. The second kappa shape index (κ2) is 7.74. The molecule has 7 nitrogen and oxygen atoms in total. The van der Waals surface area contributed by atoms with Crippen molar-refractivity contribution in [2.45, 2.75) is 64.1 Å². The van der Waals surface area contributed by atoms with E-state index in [0.29, 0.717) is 24.3 Å². The van der Waals surface area contributed by atoms with Gasteiger partial charge in [0.25, 0.3) is 5.56 Å². The SMILES string of the molecule is Cc1c(Cl)nc(NC[C@H]2CCCN2C2CCCC2)c(=O)n1CC(=O)O. The van der Waals surface area contributed by atoms with Crippen LogP contribution < -0.4 is 10.9 Å². The molecule has 0 unspecified atom stereocenters. The standard InChI is InChI=1S/C17H25ClN4O3/c1-11-15(18)20-16(17(25)22(11)10-14(23)24)19-9-13-7-4-8-21(13)12-5-2-3-6-12/h12-13H,2-10H2,1H3,(H,19,20)(H,23,24)/t13-/m1/s1. The van der Waals surface area contributed by atoms with Gasteiger partial charge in [-0.25, -0.2) is 4.98 Å². The Balaban J connectivity index is 1.73. The number of carbonyl (C=O) groups is 1. The summed E-state index contributed by atoms with van der Waals surface area (Å²) in [4.78, 5) is 30.2. The summed E-state index contributed by atoms with van der Waals surface area (Å²) in [6.45, 7) is 2.93. The molecular formula is C17H25ClN4O3. The molecule has 2 aliphatic rings. The zero-order valence-corrected chi connectivity index (χ0v) is 15.3. The molecule has 0 spiro atoms. The third kappa shape index (κ3) is 3.98. The second-order valence-corrected chi connectivity index (χ2v) is 7.33. The zero-order chi connectivity index (χ0) is 18.0. The first-order valence-electron chi connectivity index (χ1n) is 8.95. The van der Waals surface area contributed by atoms with E-state index in [0.717, 1.165) is 17.5 Å². The lowest BCUT2D eigenvalue weighted by Crippen LogP contribution is -2.42. The lowest BCUT2D eigenvalue weighted by molar-refractivity contribution is -0.137. The number of hydrogen-bond donors (Lipinski definition) is 2. The molecule has 1 atom stereocenters. The van der Waals surface area contributed by atoms with Crippen molar-refractivity contribution >= 4 is 23.4 Å². The molecular weight excluding hydrogens is 344 g/mol. The number of rotatable bonds is 6. The summed E-state index contributed by atoms with van der Waals surface area (Å²) >= 11 is 6.09. The first-order chi connectivity index (χ1) is 12.0. The molecule has 0 amide bonds. The monoisotopic (exact) mass is 368 g/mol. The van der Waals surface area contributed by atoms with Gasteiger partial charge in [0.15, 0.2) is 11.0 Å². The van der Waals surface area contributed by atoms with Crippen LogP contribution in [0.2, 0.25) is 5.15 Å². The highest BCUT2D eigenvalue weighted by atomic mass is 35.5. The first-order valence-corrected chi connectivity index (χ1v) is 9.33. The summed E-state index contributed by atoms with van der Waals surface area (Å²) in [6.07, 6.45) is 7.40. The largest absolute Gasteiger partial charge is 0.480 e. The molecule has 2 N–H and O–H groups in total. The molecule has 138 valence electrons. The smallest absolute Gasteiger partial charge is 0.323 e. The van der Waals surface area contributed by atoms with Crippen LogP contribution in [0.1, 0.15) is 44.2 Å². The maximum absolute atomic E-state index is 12.5. The molecule has 1 aliphatic carbocycles. The fourth-order valence-corrected chi connectivity index (χ4v) is 4.25. The number of anilines is 1. The molecule has 25 heavy (non-hydrogen) atoms. The van der Waals surface area contributed by atoms with Crippen LogP contribution in [0, 0.1) is 6.92 Å². The van der Waals surface area contributed by atoms with Gasteiger partial charge in [0.05, 0.1) is 5.69 Å². The quantitative estimate of drug-likeness (QED) is 0.799. The van der Waals surface area contributed by atoms with Gasteiger partial charge in [-0.3, -0.25) is 19.1 Å². The molecule has 1 aromatic rings. The molecule has 1 saturated heterocycles. The highest BCUT2D eigenvalue weighted by Gasteiger charge is 2.32. The van der Waals surface area contributed by atoms with Gasteiger partial charge >= 0.3 is 5.97 Å². The molecule has 1 aliphatic heterocycles. The average molecular weight is 369 g/mol. The van der Waals surface area contributed by atoms with Gasteiger partial charge in [-0.1, -0.05) is 24.4 Å². The van der Waals surface area contributed by atoms with Crippen molar-refractivity contribution in [1.29, 1.82) is 0 Å². The summed E-state index contributed by atoms with van der Waals surface area (Å²) in [6, 6.07) is 1.05. The van der Waals surface area contributed by atoms with E-state index in [1.165, 1.54) is 32.1 Å². The van der Waals surface area contributed by atoms with Gasteiger partial charge in [-0.2, -0.15) is 0 Å². The minimum atomic E-state index is -1.08. The molecule has 0 aromatic carbocycles. The third-order valence-electron chi connectivity index (χ3n) is 5.38. The third-order valence-corrected chi connectivity index (χ3v) is 5.73. The van der Waals surface area contributed by atoms with Crippen LogP contribution in [0.25, 0.3) is 0 Å². The van der Waals surface area contributed by atoms with Crippen molar-refractivity contribution < 1.29 is 9.90 Å². The maximum Gasteiger partial charge on any atom is 0.323 e. The number of aliphatic carboxylic acids is 1. The number of carboxylic acids is 1. The number of nitrogens with one attached hydrogen (secondary N) is 1. The van der Waals surface area contributed by atoms with Crippen LogP contribution in [0.15, 0.2) is 4.79 Å². The van der Waals surface area contributed by atoms with Crippen molar-refractivity contribution in [2.75, 3.05) is 18.4 Å². The normalized spacial score (nSPS) is 21.8. The van der Waals surface area contributed by atoms with E-state index in [1.807, 2.05) is 0 Å². The highest BCUT2D eigenvalue weighted by molar-refractivity contribution is 6.30. The molecule has 2 fully saturated rings. The van der Waals surface area contributed by atoms with Crippen LogP contribution >= 0.6 is 11.6 Å². The Labute approximate surface area is 152 Å². The van der Waals surface area contributed by atoms with Gasteiger partial charge in [-0.15, -0.1) is 0 Å². The fraction of sp³-hybridized carbons (Fsp3) is 0.706. The Bertz CT molecular complexity index is 700. The van der Waals surface area contributed by atoms with E-state index in [1.54, 1.807) is 6.92 Å². The number of carboxylic acid groups (broad SMARTS) is 1. The van der Waals surface area contributed by atoms with Gasteiger partial charge in [0, 0.05) is 18.6 Å². The minimum absolute atomic E-state index is 0.134. The first kappa shape index (κ1) is 18.2. The van der Waals surface area contributed by atoms with Crippen LogP contribution in [0.4, 0.5) is 5.82 Å². The van der Waals surface area contributed by atoms with Crippen molar-refractivity contribution in [1.82, 2.24) is 14.5 Å². The number of hydrogen-bond acceptors (Lipinski definition) is 5. The van der Waals surface area contributed by atoms with E-state index in [2.05, 4.69) is 15.2 Å². The van der Waals surface area contributed by atoms with Crippen molar-refractivity contribution in [3.8, 4) is 0 Å². The zero-order valence-electron chi connectivity index (χ0n) is 14.5. The van der Waals surface area contributed by atoms with Gasteiger partial charge in [-0.05, 0) is 39.2 Å². The van der Waals surface area contributed by atoms with Crippen molar-refractivity contribution in [3.63, 3.8) is 0 Å². The Hall–Kier alpha value is -1.60. The van der Waals surface area contributed by atoms with E-state index < -0.39 is 18.1 Å². The van der Waals surface area contributed by atoms with Gasteiger partial charge in [0.1, 0.15) is 6.54 Å². The number of nitrogens with zero attached hydrogens (tertiary/aromatic N) is 3. The molecule has 0 radical (unpaired) electrons. The van der Waals surface area contributed by atoms with E-state index in [9.17, 15) is 9.59 Å². The van der Waals surface area contributed by atoms with E-state index in [4.69, 9.17) is 16.7 Å². The topological polar surface area (TPSA) is 87.5 Å². The predicted octanol–water partition coefficient (Wildman–Crippen LogP) is 2.11. The maximum atomic E-state index is 12.5. The molecule has 8 heteroatoms. The summed E-state index contributed by atoms with van der Waals surface area (Å²) in [7, 11) is 0. The van der Waals surface area contributed by atoms with Gasteiger partial charge < -0.3 is 10.4 Å². The number of halogens is 1. The lowest BCUT2D eigenvalue weighted by Gasteiger charge is -2.30. The van der Waals surface area contributed by atoms with Crippen LogP contribution in [-0.2, 0) is 11.3 Å². The number of likely N-dealkylation sites (tertiary alicyclic amines) is 1. The number of aromatic nitrogens is 2. The van der Waals surface area contributed by atoms with E-state index >= 15 is 0 Å². The Morgan fingerprint density at radius 1 is 1.32 bits per heavy atom. The molecule has 1 saturated carbocycles. The van der Waals surface area contributed by atoms with Crippen molar-refractivity contribution in [2.24, 2.45) is 0 Å². The van der Waals surface area contributed by atoms with Gasteiger partial charge in [0.2, 0.25) is 0 Å². The summed E-state index contributed by atoms with van der Waals surface area (Å²) in [5, 5.41) is 12.3. The summed E-state index contributed by atoms with van der Waals surface area (Å²) < 4.78 is 1.16. The van der Waals surface area contributed by atoms with E-state index in [-0.39, 0.29) is 11.0 Å². The van der Waals surface area contributed by atoms with Crippen LogP contribution in [0.5, 0.6) is 0 Å². The van der Waals surface area contributed by atoms with Crippen LogP contribution in [0.3, 0.4) is 0 Å². The summed E-state index contributed by atoms with van der Waals surface area (Å²) in [5.41, 5.74) is -0.0669.